The zero-order valence-electron chi connectivity index (χ0n) is 13.5. The van der Waals surface area contributed by atoms with Crippen molar-refractivity contribution in [3.05, 3.63) is 54.1 Å². The Labute approximate surface area is 148 Å². The second-order valence-corrected chi connectivity index (χ2v) is 6.61. The minimum Gasteiger partial charge on any atom is -0.338 e. The van der Waals surface area contributed by atoms with Gasteiger partial charge in [-0.15, -0.1) is 10.2 Å². The van der Waals surface area contributed by atoms with Crippen molar-refractivity contribution >= 4 is 45.4 Å². The number of nitrogens with one attached hydrogen (secondary N) is 2. The largest absolute Gasteiger partial charge is 0.338 e. The van der Waals surface area contributed by atoms with Crippen molar-refractivity contribution in [1.29, 1.82) is 0 Å². The molecule has 2 aromatic carbocycles. The molecule has 0 saturated carbocycles. The Morgan fingerprint density at radius 3 is 2.84 bits per heavy atom. The number of nitrogens with zero attached hydrogens (tertiary/aromatic N) is 3. The van der Waals surface area contributed by atoms with Gasteiger partial charge in [-0.3, -0.25) is 4.79 Å². The highest BCUT2D eigenvalue weighted by molar-refractivity contribution is 7.99. The molecule has 0 aliphatic heterocycles. The number of anilines is 1. The summed E-state index contributed by atoms with van der Waals surface area (Å²) in [6.45, 7) is 2.04. The van der Waals surface area contributed by atoms with Gasteiger partial charge < -0.3 is 10.3 Å². The van der Waals surface area contributed by atoms with Gasteiger partial charge in [-0.2, -0.15) is 0 Å². The number of carbonyl (C=O) groups is 1. The van der Waals surface area contributed by atoms with Gasteiger partial charge in [0.15, 0.2) is 5.65 Å². The summed E-state index contributed by atoms with van der Waals surface area (Å²) in [5, 5.41) is 12.7. The number of benzene rings is 2. The molecule has 0 aliphatic rings. The van der Waals surface area contributed by atoms with E-state index in [4.69, 9.17) is 0 Å². The van der Waals surface area contributed by atoms with Crippen LogP contribution in [0.4, 0.5) is 5.69 Å². The average Bonchev–Trinajstić information content (AvgIpc) is 2.98. The van der Waals surface area contributed by atoms with Crippen molar-refractivity contribution in [3.63, 3.8) is 0 Å². The SMILES string of the molecule is Cc1ccc2[nH]c3nc(SCC(=O)Nc4ccccc4)nnc3c2c1. The molecule has 6 nitrogen and oxygen atoms in total. The Balaban J connectivity index is 1.50. The van der Waals surface area contributed by atoms with E-state index in [-0.39, 0.29) is 11.7 Å². The summed E-state index contributed by atoms with van der Waals surface area (Å²) in [5.41, 5.74) is 4.34. The van der Waals surface area contributed by atoms with E-state index in [0.29, 0.717) is 10.8 Å². The fourth-order valence-corrected chi connectivity index (χ4v) is 3.17. The van der Waals surface area contributed by atoms with Gasteiger partial charge in [0.1, 0.15) is 5.52 Å². The number of thioether (sulfide) groups is 1. The number of H-pyrrole nitrogens is 1. The maximum absolute atomic E-state index is 12.0. The van der Waals surface area contributed by atoms with Gasteiger partial charge in [-0.05, 0) is 31.2 Å². The lowest BCUT2D eigenvalue weighted by Crippen LogP contribution is -2.14. The van der Waals surface area contributed by atoms with Gasteiger partial charge in [-0.25, -0.2) is 4.98 Å². The Kier molecular flexibility index (Phi) is 4.07. The molecule has 0 bridgehead atoms. The number of hydrogen-bond donors (Lipinski definition) is 2. The minimum absolute atomic E-state index is 0.104. The van der Waals surface area contributed by atoms with Gasteiger partial charge in [0.2, 0.25) is 11.1 Å². The first-order valence-corrected chi connectivity index (χ1v) is 8.78. The van der Waals surface area contributed by atoms with Crippen LogP contribution in [0, 0.1) is 6.92 Å². The average molecular weight is 349 g/mol. The van der Waals surface area contributed by atoms with Crippen molar-refractivity contribution in [2.75, 3.05) is 11.1 Å². The summed E-state index contributed by atoms with van der Waals surface area (Å²) in [5.74, 6) is 0.119. The van der Waals surface area contributed by atoms with Crippen LogP contribution in [0.5, 0.6) is 0 Å². The molecule has 4 aromatic rings. The Bertz CT molecular complexity index is 1060. The highest BCUT2D eigenvalue weighted by Crippen LogP contribution is 2.24. The third-order valence-electron chi connectivity index (χ3n) is 3.74. The second kappa shape index (κ2) is 6.52. The molecule has 25 heavy (non-hydrogen) atoms. The molecule has 1 amide bonds. The predicted octanol–water partition coefficient (Wildman–Crippen LogP) is 3.55. The first-order chi connectivity index (χ1) is 12.2. The van der Waals surface area contributed by atoms with Gasteiger partial charge in [-0.1, -0.05) is 41.6 Å². The molecule has 2 aromatic heterocycles. The standard InChI is InChI=1S/C18H15N5OS/c1-11-7-8-14-13(9-11)16-17(20-14)21-18(23-22-16)25-10-15(24)19-12-5-3-2-4-6-12/h2-9H,10H2,1H3,(H,19,24)(H,20,21,23). The minimum atomic E-state index is -0.104. The van der Waals surface area contributed by atoms with Crippen LogP contribution in [0.3, 0.4) is 0 Å². The van der Waals surface area contributed by atoms with E-state index in [1.807, 2.05) is 49.4 Å². The van der Waals surface area contributed by atoms with E-state index in [1.54, 1.807) is 0 Å². The molecular weight excluding hydrogens is 334 g/mol. The summed E-state index contributed by atoms with van der Waals surface area (Å²) in [6, 6.07) is 15.5. The Morgan fingerprint density at radius 2 is 2.00 bits per heavy atom. The van der Waals surface area contributed by atoms with Gasteiger partial charge in [0.05, 0.1) is 5.75 Å². The van der Waals surface area contributed by atoms with Crippen LogP contribution in [0.2, 0.25) is 0 Å². The molecule has 0 spiro atoms. The van der Waals surface area contributed by atoms with E-state index >= 15 is 0 Å². The zero-order valence-corrected chi connectivity index (χ0v) is 14.3. The molecule has 0 radical (unpaired) electrons. The number of carbonyl (C=O) groups excluding carboxylic acids is 1. The molecule has 7 heteroatoms. The molecule has 0 saturated heterocycles. The normalized spacial score (nSPS) is 11.1. The van der Waals surface area contributed by atoms with Gasteiger partial charge in [0.25, 0.3) is 0 Å². The van der Waals surface area contributed by atoms with E-state index < -0.39 is 0 Å². The van der Waals surface area contributed by atoms with Crippen molar-refractivity contribution < 1.29 is 4.79 Å². The third kappa shape index (κ3) is 3.32. The van der Waals surface area contributed by atoms with Crippen LogP contribution < -0.4 is 5.32 Å². The van der Waals surface area contributed by atoms with Crippen LogP contribution in [0.1, 0.15) is 5.56 Å². The Morgan fingerprint density at radius 1 is 1.16 bits per heavy atom. The van der Waals surface area contributed by atoms with Crippen molar-refractivity contribution in [2.45, 2.75) is 12.1 Å². The van der Waals surface area contributed by atoms with E-state index in [2.05, 4.69) is 31.5 Å². The molecule has 4 rings (SSSR count). The summed E-state index contributed by atoms with van der Waals surface area (Å²) >= 11 is 1.26. The number of aryl methyl sites for hydroxylation is 1. The van der Waals surface area contributed by atoms with Gasteiger partial charge in [0, 0.05) is 16.6 Å². The van der Waals surface area contributed by atoms with Crippen LogP contribution in [0.25, 0.3) is 22.1 Å². The quantitative estimate of drug-likeness (QED) is 0.551. The number of rotatable bonds is 4. The molecular formula is C18H15N5OS. The molecule has 0 unspecified atom stereocenters. The summed E-state index contributed by atoms with van der Waals surface area (Å²) < 4.78 is 0. The number of para-hydroxylation sites is 1. The number of amides is 1. The second-order valence-electron chi connectivity index (χ2n) is 5.67. The van der Waals surface area contributed by atoms with E-state index in [9.17, 15) is 4.79 Å². The molecule has 0 fully saturated rings. The molecule has 124 valence electrons. The lowest BCUT2D eigenvalue weighted by Gasteiger charge is -2.03. The summed E-state index contributed by atoms with van der Waals surface area (Å²) in [6.07, 6.45) is 0. The van der Waals surface area contributed by atoms with E-state index in [1.165, 1.54) is 11.8 Å². The summed E-state index contributed by atoms with van der Waals surface area (Å²) in [7, 11) is 0. The van der Waals surface area contributed by atoms with Crippen molar-refractivity contribution in [2.24, 2.45) is 0 Å². The summed E-state index contributed by atoms with van der Waals surface area (Å²) in [4.78, 5) is 19.7. The lowest BCUT2D eigenvalue weighted by molar-refractivity contribution is -0.113. The van der Waals surface area contributed by atoms with Crippen LogP contribution >= 0.6 is 11.8 Å². The molecule has 2 N–H and O–H groups in total. The lowest BCUT2D eigenvalue weighted by atomic mass is 10.2. The van der Waals surface area contributed by atoms with Crippen LogP contribution in [-0.4, -0.2) is 31.8 Å². The highest BCUT2D eigenvalue weighted by atomic mass is 32.2. The highest BCUT2D eigenvalue weighted by Gasteiger charge is 2.11. The van der Waals surface area contributed by atoms with Crippen molar-refractivity contribution in [1.82, 2.24) is 20.2 Å². The topological polar surface area (TPSA) is 83.6 Å². The van der Waals surface area contributed by atoms with Crippen LogP contribution in [0.15, 0.2) is 53.7 Å². The maximum atomic E-state index is 12.0. The fraction of sp³-hybridized carbons (Fsp3) is 0.111. The molecule has 0 aliphatic carbocycles. The van der Waals surface area contributed by atoms with E-state index in [0.717, 1.165) is 27.7 Å². The predicted molar refractivity (Wildman–Crippen MR) is 99.7 cm³/mol. The first-order valence-electron chi connectivity index (χ1n) is 7.79. The van der Waals surface area contributed by atoms with Crippen LogP contribution in [-0.2, 0) is 4.79 Å². The fourth-order valence-electron chi connectivity index (χ4n) is 2.58. The number of hydrogen-bond acceptors (Lipinski definition) is 5. The monoisotopic (exact) mass is 349 g/mol. The number of aromatic nitrogens is 4. The smallest absolute Gasteiger partial charge is 0.234 e. The van der Waals surface area contributed by atoms with Gasteiger partial charge >= 0.3 is 0 Å². The number of aromatic amines is 1. The van der Waals surface area contributed by atoms with Crippen molar-refractivity contribution in [3.8, 4) is 0 Å². The number of fused-ring (bicyclic) bond motifs is 3. The zero-order chi connectivity index (χ0) is 17.2. The Hall–Kier alpha value is -2.93. The maximum Gasteiger partial charge on any atom is 0.234 e. The first kappa shape index (κ1) is 15.6. The molecule has 0 atom stereocenters. The third-order valence-corrected chi connectivity index (χ3v) is 4.58. The molecule has 2 heterocycles.